The van der Waals surface area contributed by atoms with E-state index in [0.717, 1.165) is 0 Å². The average Bonchev–Trinajstić information content (AvgIpc) is 2.51. The van der Waals surface area contributed by atoms with E-state index in [4.69, 9.17) is 11.6 Å². The molecule has 2 aromatic rings. The van der Waals surface area contributed by atoms with Crippen molar-refractivity contribution in [3.8, 4) is 0 Å². The Morgan fingerprint density at radius 2 is 2.19 bits per heavy atom. The molecule has 110 valence electrons. The predicted molar refractivity (Wildman–Crippen MR) is 81.2 cm³/mol. The Morgan fingerprint density at radius 3 is 2.76 bits per heavy atom. The van der Waals surface area contributed by atoms with Crippen molar-refractivity contribution in [2.24, 2.45) is 0 Å². The maximum absolute atomic E-state index is 14.7. The van der Waals surface area contributed by atoms with Gasteiger partial charge in [0.25, 0.3) is 0 Å². The maximum atomic E-state index is 14.7. The van der Waals surface area contributed by atoms with Crippen LogP contribution in [0.15, 0.2) is 36.7 Å². The lowest BCUT2D eigenvalue weighted by atomic mass is 9.97. The van der Waals surface area contributed by atoms with Crippen LogP contribution in [0.4, 0.5) is 4.39 Å². The van der Waals surface area contributed by atoms with Crippen LogP contribution in [0.3, 0.4) is 0 Å². The molecule has 0 aliphatic rings. The first-order valence-electron chi connectivity index (χ1n) is 6.70. The van der Waals surface area contributed by atoms with Crippen LogP contribution in [0, 0.1) is 5.82 Å². The molecule has 0 aliphatic heterocycles. The second-order valence-corrected chi connectivity index (χ2v) is 5.05. The summed E-state index contributed by atoms with van der Waals surface area (Å²) in [5.41, 5.74) is 0.653. The minimum atomic E-state index is -0.572. The first kappa shape index (κ1) is 15.6. The molecule has 2 rings (SSSR count). The van der Waals surface area contributed by atoms with E-state index in [1.807, 2.05) is 6.92 Å². The maximum Gasteiger partial charge on any atom is 0.199 e. The molecular weight excluding hydrogens is 291 g/mol. The Balaban J connectivity index is 2.53. The molecule has 0 bridgehead atoms. The topological polar surface area (TPSA) is 42.0 Å². The number of pyridine rings is 1. The summed E-state index contributed by atoms with van der Waals surface area (Å²) in [6.45, 7) is 1.94. The summed E-state index contributed by atoms with van der Waals surface area (Å²) in [4.78, 5) is 16.3. The van der Waals surface area contributed by atoms with Gasteiger partial charge >= 0.3 is 0 Å². The lowest BCUT2D eigenvalue weighted by Crippen LogP contribution is -2.18. The molecule has 1 aromatic heterocycles. The number of ketones is 1. The van der Waals surface area contributed by atoms with E-state index in [-0.39, 0.29) is 16.6 Å². The van der Waals surface area contributed by atoms with Crippen molar-refractivity contribution in [2.75, 3.05) is 7.05 Å². The molecular formula is C16H16ClFN2O. The van der Waals surface area contributed by atoms with Crippen molar-refractivity contribution in [1.29, 1.82) is 0 Å². The van der Waals surface area contributed by atoms with Gasteiger partial charge in [-0.3, -0.25) is 9.78 Å². The van der Waals surface area contributed by atoms with Crippen LogP contribution in [0.1, 0.15) is 40.9 Å². The van der Waals surface area contributed by atoms with E-state index in [2.05, 4.69) is 10.3 Å². The van der Waals surface area contributed by atoms with Gasteiger partial charge in [0.15, 0.2) is 5.78 Å². The molecule has 5 heteroatoms. The zero-order valence-electron chi connectivity index (χ0n) is 11.9. The second-order valence-electron chi connectivity index (χ2n) is 4.65. The molecule has 1 aromatic carbocycles. The van der Waals surface area contributed by atoms with Crippen LogP contribution in [-0.2, 0) is 0 Å². The second kappa shape index (κ2) is 6.78. The van der Waals surface area contributed by atoms with Crippen LogP contribution in [0.2, 0.25) is 5.02 Å². The van der Waals surface area contributed by atoms with E-state index in [1.165, 1.54) is 6.20 Å². The number of nitrogens with zero attached hydrogens (tertiary/aromatic N) is 1. The Labute approximate surface area is 128 Å². The summed E-state index contributed by atoms with van der Waals surface area (Å²) < 4.78 is 14.7. The van der Waals surface area contributed by atoms with Gasteiger partial charge in [0.1, 0.15) is 5.82 Å². The van der Waals surface area contributed by atoms with Crippen molar-refractivity contribution in [1.82, 2.24) is 10.3 Å². The normalized spacial score (nSPS) is 12.2. The Morgan fingerprint density at radius 1 is 1.43 bits per heavy atom. The third-order valence-corrected chi connectivity index (χ3v) is 3.72. The fraction of sp³-hybridized carbons (Fsp3) is 0.250. The van der Waals surface area contributed by atoms with Crippen molar-refractivity contribution in [3.63, 3.8) is 0 Å². The third kappa shape index (κ3) is 3.12. The number of hydrogen-bond acceptors (Lipinski definition) is 3. The highest BCUT2D eigenvalue weighted by Crippen LogP contribution is 2.29. The fourth-order valence-electron chi connectivity index (χ4n) is 2.27. The molecule has 0 spiro atoms. The first-order chi connectivity index (χ1) is 10.1. The number of carbonyl (C=O) groups excluding carboxylic acids is 1. The Kier molecular flexibility index (Phi) is 5.04. The van der Waals surface area contributed by atoms with Crippen LogP contribution < -0.4 is 5.32 Å². The highest BCUT2D eigenvalue weighted by atomic mass is 35.5. The zero-order valence-corrected chi connectivity index (χ0v) is 12.6. The first-order valence-corrected chi connectivity index (χ1v) is 7.07. The molecule has 0 radical (unpaired) electrons. The van der Waals surface area contributed by atoms with Crippen LogP contribution in [-0.4, -0.2) is 17.8 Å². The van der Waals surface area contributed by atoms with Gasteiger partial charge in [-0.25, -0.2) is 4.39 Å². The number of benzene rings is 1. The van der Waals surface area contributed by atoms with E-state index in [9.17, 15) is 9.18 Å². The molecule has 0 saturated heterocycles. The number of aromatic nitrogens is 1. The summed E-state index contributed by atoms with van der Waals surface area (Å²) in [5.74, 6) is -1.03. The van der Waals surface area contributed by atoms with Crippen molar-refractivity contribution in [3.05, 3.63) is 64.2 Å². The lowest BCUT2D eigenvalue weighted by molar-refractivity contribution is 0.103. The Hall–Kier alpha value is -1.78. The van der Waals surface area contributed by atoms with Crippen molar-refractivity contribution < 1.29 is 9.18 Å². The minimum Gasteiger partial charge on any atom is -0.313 e. The molecule has 1 atom stereocenters. The molecule has 1 N–H and O–H groups in total. The van der Waals surface area contributed by atoms with Gasteiger partial charge in [-0.2, -0.15) is 0 Å². The molecule has 0 aliphatic carbocycles. The van der Waals surface area contributed by atoms with Gasteiger partial charge in [-0.05, 0) is 31.7 Å². The number of nitrogens with one attached hydrogen (secondary N) is 1. The quantitative estimate of drug-likeness (QED) is 0.855. The smallest absolute Gasteiger partial charge is 0.199 e. The summed E-state index contributed by atoms with van der Waals surface area (Å²) in [7, 11) is 1.75. The summed E-state index contributed by atoms with van der Waals surface area (Å²) in [6.07, 6.45) is 3.66. The number of carbonyl (C=O) groups is 1. The van der Waals surface area contributed by atoms with Crippen LogP contribution >= 0.6 is 11.6 Å². The predicted octanol–water partition coefficient (Wildman–Crippen LogP) is 3.78. The van der Waals surface area contributed by atoms with Gasteiger partial charge in [0, 0.05) is 29.6 Å². The van der Waals surface area contributed by atoms with E-state index < -0.39 is 11.6 Å². The van der Waals surface area contributed by atoms with Gasteiger partial charge in [0.2, 0.25) is 0 Å². The minimum absolute atomic E-state index is 0.101. The lowest BCUT2D eigenvalue weighted by Gasteiger charge is -2.17. The van der Waals surface area contributed by atoms with Crippen LogP contribution in [0.5, 0.6) is 0 Å². The van der Waals surface area contributed by atoms with E-state index in [1.54, 1.807) is 37.5 Å². The highest BCUT2D eigenvalue weighted by molar-refractivity contribution is 6.35. The number of hydrogen-bond donors (Lipinski definition) is 1. The van der Waals surface area contributed by atoms with Gasteiger partial charge in [0.05, 0.1) is 10.6 Å². The molecule has 0 saturated carbocycles. The summed E-state index contributed by atoms with van der Waals surface area (Å²) in [6, 6.07) is 6.23. The third-order valence-electron chi connectivity index (χ3n) is 3.40. The number of halogens is 2. The number of rotatable bonds is 5. The zero-order chi connectivity index (χ0) is 15.4. The fourth-order valence-corrected chi connectivity index (χ4v) is 2.50. The monoisotopic (exact) mass is 306 g/mol. The van der Waals surface area contributed by atoms with Crippen molar-refractivity contribution >= 4 is 17.4 Å². The SMILES string of the molecule is CC[C@@H](NC)c1ccc(Cl)c(C(=O)c2cccnc2)c1F. The molecule has 0 unspecified atom stereocenters. The van der Waals surface area contributed by atoms with Gasteiger partial charge < -0.3 is 5.32 Å². The molecule has 0 fully saturated rings. The molecule has 21 heavy (non-hydrogen) atoms. The largest absolute Gasteiger partial charge is 0.313 e. The average molecular weight is 307 g/mol. The Bertz CT molecular complexity index is 642. The van der Waals surface area contributed by atoms with E-state index in [0.29, 0.717) is 17.5 Å². The molecule has 0 amide bonds. The van der Waals surface area contributed by atoms with Crippen LogP contribution in [0.25, 0.3) is 0 Å². The van der Waals surface area contributed by atoms with Gasteiger partial charge in [-0.1, -0.05) is 24.6 Å². The molecule has 1 heterocycles. The highest BCUT2D eigenvalue weighted by Gasteiger charge is 2.23. The summed E-state index contributed by atoms with van der Waals surface area (Å²) >= 11 is 6.04. The standard InChI is InChI=1S/C16H16ClFN2O/c1-3-13(19-2)11-6-7-12(17)14(15(11)18)16(21)10-5-4-8-20-9-10/h4-9,13,19H,3H2,1-2H3/t13-/m1/s1. The molecule has 3 nitrogen and oxygen atoms in total. The van der Waals surface area contributed by atoms with Gasteiger partial charge in [-0.15, -0.1) is 0 Å². The van der Waals surface area contributed by atoms with E-state index >= 15 is 0 Å². The van der Waals surface area contributed by atoms with Crippen molar-refractivity contribution in [2.45, 2.75) is 19.4 Å². The summed E-state index contributed by atoms with van der Waals surface area (Å²) in [5, 5.41) is 3.13.